The highest BCUT2D eigenvalue weighted by Crippen LogP contribution is 2.35. The number of rotatable bonds is 4. The van der Waals surface area contributed by atoms with Gasteiger partial charge in [0.05, 0.1) is 0 Å². The van der Waals surface area contributed by atoms with Gasteiger partial charge in [-0.15, -0.1) is 0 Å². The van der Waals surface area contributed by atoms with E-state index >= 15 is 0 Å². The Hall–Kier alpha value is -3.18. The Labute approximate surface area is 169 Å². The summed E-state index contributed by atoms with van der Waals surface area (Å²) < 4.78 is 0. The molecule has 146 valence electrons. The van der Waals surface area contributed by atoms with Gasteiger partial charge in [0.15, 0.2) is 12.3 Å². The van der Waals surface area contributed by atoms with Crippen molar-refractivity contribution in [2.45, 2.75) is 25.7 Å². The SMILES string of the molecule is Cc1ccc(C2=NO[C@H]3[C@@H]2C(=O)N(CCc2cccc4ccccc24)[C@H]3O)cc1. The molecule has 1 amide bonds. The van der Waals surface area contributed by atoms with Crippen molar-refractivity contribution >= 4 is 22.4 Å². The van der Waals surface area contributed by atoms with Gasteiger partial charge in [-0.3, -0.25) is 4.79 Å². The Balaban J connectivity index is 1.37. The number of hydrogen-bond donors (Lipinski definition) is 1. The number of aryl methyl sites for hydroxylation is 1. The van der Waals surface area contributed by atoms with E-state index in [4.69, 9.17) is 4.84 Å². The molecule has 0 saturated carbocycles. The van der Waals surface area contributed by atoms with Crippen LogP contribution in [-0.2, 0) is 16.1 Å². The molecule has 1 fully saturated rings. The average molecular weight is 386 g/mol. The minimum absolute atomic E-state index is 0.125. The Morgan fingerprint density at radius 2 is 1.79 bits per heavy atom. The monoisotopic (exact) mass is 386 g/mol. The van der Waals surface area contributed by atoms with Crippen LogP contribution in [0.1, 0.15) is 16.7 Å². The summed E-state index contributed by atoms with van der Waals surface area (Å²) in [6, 6.07) is 22.2. The van der Waals surface area contributed by atoms with Crippen molar-refractivity contribution < 1.29 is 14.7 Å². The Bertz CT molecular complexity index is 1100. The molecule has 2 aliphatic heterocycles. The van der Waals surface area contributed by atoms with Crippen molar-refractivity contribution in [3.05, 3.63) is 83.4 Å². The highest BCUT2D eigenvalue weighted by atomic mass is 16.7. The Morgan fingerprint density at radius 3 is 2.62 bits per heavy atom. The topological polar surface area (TPSA) is 62.1 Å². The first-order chi connectivity index (χ1) is 14.1. The zero-order chi connectivity index (χ0) is 20.0. The molecule has 0 bridgehead atoms. The summed E-state index contributed by atoms with van der Waals surface area (Å²) >= 11 is 0. The van der Waals surface area contributed by atoms with E-state index in [1.165, 1.54) is 15.7 Å². The van der Waals surface area contributed by atoms with Crippen LogP contribution in [0.2, 0.25) is 0 Å². The average Bonchev–Trinajstić information content (AvgIpc) is 3.28. The minimum Gasteiger partial charge on any atom is -0.386 e. The molecular formula is C24H22N2O3. The predicted octanol–water partition coefficient (Wildman–Crippen LogP) is 3.27. The summed E-state index contributed by atoms with van der Waals surface area (Å²) in [7, 11) is 0. The number of benzene rings is 3. The van der Waals surface area contributed by atoms with E-state index in [1.807, 2.05) is 49.4 Å². The lowest BCUT2D eigenvalue weighted by Gasteiger charge is -2.22. The third kappa shape index (κ3) is 2.98. The minimum atomic E-state index is -0.992. The first kappa shape index (κ1) is 17.9. The molecule has 2 aliphatic rings. The molecule has 0 aromatic heterocycles. The van der Waals surface area contributed by atoms with Gasteiger partial charge in [0, 0.05) is 12.1 Å². The van der Waals surface area contributed by atoms with Gasteiger partial charge in [-0.2, -0.15) is 0 Å². The summed E-state index contributed by atoms with van der Waals surface area (Å²) in [6.07, 6.45) is -0.971. The van der Waals surface area contributed by atoms with Crippen LogP contribution in [0.5, 0.6) is 0 Å². The Kier molecular flexibility index (Phi) is 4.32. The zero-order valence-corrected chi connectivity index (χ0v) is 16.2. The highest BCUT2D eigenvalue weighted by molar-refractivity contribution is 6.15. The van der Waals surface area contributed by atoms with Crippen molar-refractivity contribution in [1.29, 1.82) is 0 Å². The van der Waals surface area contributed by atoms with E-state index in [-0.39, 0.29) is 5.91 Å². The van der Waals surface area contributed by atoms with Gasteiger partial charge in [0.25, 0.3) is 0 Å². The maximum absolute atomic E-state index is 13.1. The van der Waals surface area contributed by atoms with Gasteiger partial charge in [0.2, 0.25) is 5.91 Å². The van der Waals surface area contributed by atoms with Gasteiger partial charge in [0.1, 0.15) is 11.6 Å². The second-order valence-corrected chi connectivity index (χ2v) is 7.72. The number of carbonyl (C=O) groups excluding carboxylic acids is 1. The number of nitrogens with zero attached hydrogens (tertiary/aromatic N) is 2. The fraction of sp³-hybridized carbons (Fsp3) is 0.250. The van der Waals surface area contributed by atoms with Crippen LogP contribution in [0.3, 0.4) is 0 Å². The first-order valence-electron chi connectivity index (χ1n) is 9.89. The lowest BCUT2D eigenvalue weighted by molar-refractivity contribution is -0.135. The fourth-order valence-corrected chi connectivity index (χ4v) is 4.31. The van der Waals surface area contributed by atoms with Crippen LogP contribution in [0.4, 0.5) is 0 Å². The van der Waals surface area contributed by atoms with Gasteiger partial charge in [-0.05, 0) is 29.7 Å². The number of aliphatic hydroxyl groups excluding tert-OH is 1. The number of hydrogen-bond acceptors (Lipinski definition) is 4. The fourth-order valence-electron chi connectivity index (χ4n) is 4.31. The largest absolute Gasteiger partial charge is 0.386 e. The van der Waals surface area contributed by atoms with Crippen LogP contribution in [0.25, 0.3) is 10.8 Å². The summed E-state index contributed by atoms with van der Waals surface area (Å²) in [5, 5.41) is 17.2. The maximum Gasteiger partial charge on any atom is 0.238 e. The third-order valence-electron chi connectivity index (χ3n) is 5.91. The van der Waals surface area contributed by atoms with Crippen LogP contribution in [0, 0.1) is 12.8 Å². The standard InChI is InChI=1S/C24H22N2O3/c1-15-9-11-18(12-10-15)21-20-22(29-25-21)24(28)26(23(20)27)14-13-17-7-4-6-16-5-2-3-8-19(16)17/h2-12,20,22,24,28H,13-14H2,1H3/t20-,22+,24+/m1/s1. The van der Waals surface area contributed by atoms with E-state index in [2.05, 4.69) is 29.4 Å². The molecular weight excluding hydrogens is 364 g/mol. The van der Waals surface area contributed by atoms with Crippen LogP contribution in [0.15, 0.2) is 71.9 Å². The van der Waals surface area contributed by atoms with E-state index in [0.717, 1.165) is 16.7 Å². The smallest absolute Gasteiger partial charge is 0.238 e. The van der Waals surface area contributed by atoms with Crippen LogP contribution >= 0.6 is 0 Å². The molecule has 3 aromatic carbocycles. The molecule has 0 radical (unpaired) electrons. The lowest BCUT2D eigenvalue weighted by Crippen LogP contribution is -2.38. The number of aliphatic hydroxyl groups is 1. The van der Waals surface area contributed by atoms with Crippen molar-refractivity contribution in [3.8, 4) is 0 Å². The van der Waals surface area contributed by atoms with Crippen LogP contribution < -0.4 is 0 Å². The summed E-state index contributed by atoms with van der Waals surface area (Å²) in [5.74, 6) is -0.681. The molecule has 5 nitrogen and oxygen atoms in total. The number of amides is 1. The predicted molar refractivity (Wildman–Crippen MR) is 111 cm³/mol. The third-order valence-corrected chi connectivity index (χ3v) is 5.91. The van der Waals surface area contributed by atoms with Crippen molar-refractivity contribution in [3.63, 3.8) is 0 Å². The van der Waals surface area contributed by atoms with Gasteiger partial charge in [-0.1, -0.05) is 77.4 Å². The van der Waals surface area contributed by atoms with Crippen LogP contribution in [-0.4, -0.2) is 40.5 Å². The van der Waals surface area contributed by atoms with Gasteiger partial charge >= 0.3 is 0 Å². The summed E-state index contributed by atoms with van der Waals surface area (Å²) in [6.45, 7) is 2.45. The lowest BCUT2D eigenvalue weighted by atomic mass is 9.93. The quantitative estimate of drug-likeness (QED) is 0.749. The number of likely N-dealkylation sites (tertiary alicyclic amines) is 1. The normalized spacial score (nSPS) is 23.2. The molecule has 1 saturated heterocycles. The molecule has 1 N–H and O–H groups in total. The van der Waals surface area contributed by atoms with Crippen molar-refractivity contribution in [1.82, 2.24) is 4.90 Å². The highest BCUT2D eigenvalue weighted by Gasteiger charge is 2.54. The molecule has 5 rings (SSSR count). The molecule has 2 heterocycles. The molecule has 0 unspecified atom stereocenters. The van der Waals surface area contributed by atoms with Crippen molar-refractivity contribution in [2.24, 2.45) is 11.1 Å². The van der Waals surface area contributed by atoms with Gasteiger partial charge in [-0.25, -0.2) is 0 Å². The zero-order valence-electron chi connectivity index (χ0n) is 16.2. The molecule has 3 aromatic rings. The first-order valence-corrected chi connectivity index (χ1v) is 9.89. The van der Waals surface area contributed by atoms with E-state index in [0.29, 0.717) is 18.7 Å². The summed E-state index contributed by atoms with van der Waals surface area (Å²) in [4.78, 5) is 20.2. The second kappa shape index (κ2) is 7.01. The van der Waals surface area contributed by atoms with Gasteiger partial charge < -0.3 is 14.8 Å². The van der Waals surface area contributed by atoms with E-state index in [1.54, 1.807) is 0 Å². The Morgan fingerprint density at radius 1 is 1.03 bits per heavy atom. The molecule has 3 atom stereocenters. The second-order valence-electron chi connectivity index (χ2n) is 7.72. The summed E-state index contributed by atoms with van der Waals surface area (Å²) in [5.41, 5.74) is 3.76. The number of fused-ring (bicyclic) bond motifs is 2. The number of oxime groups is 1. The molecule has 5 heteroatoms. The molecule has 0 spiro atoms. The van der Waals surface area contributed by atoms with E-state index < -0.39 is 18.2 Å². The maximum atomic E-state index is 13.1. The number of carbonyl (C=O) groups is 1. The van der Waals surface area contributed by atoms with Crippen molar-refractivity contribution in [2.75, 3.05) is 6.54 Å². The molecule has 29 heavy (non-hydrogen) atoms. The molecule has 0 aliphatic carbocycles. The van der Waals surface area contributed by atoms with E-state index in [9.17, 15) is 9.90 Å².